The molecular formula is C16H17BrN2O4S2. The van der Waals surface area contributed by atoms with Crippen LogP contribution >= 0.6 is 15.9 Å². The van der Waals surface area contributed by atoms with Gasteiger partial charge in [-0.3, -0.25) is 9.03 Å². The van der Waals surface area contributed by atoms with E-state index in [9.17, 15) is 16.8 Å². The highest BCUT2D eigenvalue weighted by Crippen LogP contribution is 2.38. The number of nitrogens with zero attached hydrogens (tertiary/aromatic N) is 1. The molecule has 6 nitrogen and oxygen atoms in total. The molecular weight excluding hydrogens is 428 g/mol. The number of sulfonamides is 2. The van der Waals surface area contributed by atoms with E-state index in [1.54, 1.807) is 6.07 Å². The van der Waals surface area contributed by atoms with Gasteiger partial charge in [-0.25, -0.2) is 16.8 Å². The van der Waals surface area contributed by atoms with Gasteiger partial charge in [0.15, 0.2) is 0 Å². The summed E-state index contributed by atoms with van der Waals surface area (Å²) >= 11 is 3.41. The van der Waals surface area contributed by atoms with E-state index in [0.717, 1.165) is 16.3 Å². The molecule has 0 bridgehead atoms. The van der Waals surface area contributed by atoms with Gasteiger partial charge < -0.3 is 0 Å². The number of benzene rings is 2. The molecule has 1 atom stereocenters. The molecule has 0 amide bonds. The Morgan fingerprint density at radius 2 is 1.72 bits per heavy atom. The molecule has 9 heteroatoms. The van der Waals surface area contributed by atoms with Crippen LogP contribution in [-0.2, 0) is 26.5 Å². The molecule has 2 aromatic carbocycles. The number of anilines is 2. The number of fused-ring (bicyclic) bond motifs is 1. The summed E-state index contributed by atoms with van der Waals surface area (Å²) in [6.45, 7) is 1.87. The first-order valence-electron chi connectivity index (χ1n) is 7.49. The highest BCUT2D eigenvalue weighted by molar-refractivity contribution is 9.10. The highest BCUT2D eigenvalue weighted by Gasteiger charge is 2.36. The number of rotatable bonds is 4. The SMILES string of the molecule is CC1Cc2cc(Br)ccc2N1S(=O)(=O)c1ccc(NS(C)(=O)=O)cc1. The van der Waals surface area contributed by atoms with Crippen molar-refractivity contribution in [2.45, 2.75) is 24.3 Å². The lowest BCUT2D eigenvalue weighted by Crippen LogP contribution is -2.35. The van der Waals surface area contributed by atoms with Crippen LogP contribution in [0.3, 0.4) is 0 Å². The van der Waals surface area contributed by atoms with Gasteiger partial charge in [-0.2, -0.15) is 0 Å². The Hall–Kier alpha value is -1.58. The van der Waals surface area contributed by atoms with Gasteiger partial charge in [0.25, 0.3) is 10.0 Å². The Balaban J connectivity index is 1.97. The van der Waals surface area contributed by atoms with Crippen LogP contribution in [0.4, 0.5) is 11.4 Å². The summed E-state index contributed by atoms with van der Waals surface area (Å²) in [6.07, 6.45) is 1.68. The average Bonchev–Trinajstić information content (AvgIpc) is 2.81. The number of nitrogens with one attached hydrogen (secondary N) is 1. The van der Waals surface area contributed by atoms with Crippen LogP contribution in [0.5, 0.6) is 0 Å². The van der Waals surface area contributed by atoms with Crippen molar-refractivity contribution >= 4 is 47.4 Å². The van der Waals surface area contributed by atoms with Gasteiger partial charge in [-0.1, -0.05) is 15.9 Å². The summed E-state index contributed by atoms with van der Waals surface area (Å²) < 4.78 is 53.3. The fourth-order valence-electron chi connectivity index (χ4n) is 2.96. The van der Waals surface area contributed by atoms with Crippen molar-refractivity contribution in [3.8, 4) is 0 Å². The van der Waals surface area contributed by atoms with Gasteiger partial charge in [0.05, 0.1) is 16.8 Å². The van der Waals surface area contributed by atoms with E-state index in [1.165, 1.54) is 28.6 Å². The largest absolute Gasteiger partial charge is 0.284 e. The molecule has 1 aliphatic rings. The molecule has 0 saturated heterocycles. The maximum atomic E-state index is 13.1. The first-order chi connectivity index (χ1) is 11.6. The molecule has 0 aromatic heterocycles. The van der Waals surface area contributed by atoms with Gasteiger partial charge in [0, 0.05) is 16.2 Å². The molecule has 0 spiro atoms. The maximum absolute atomic E-state index is 13.1. The van der Waals surface area contributed by atoms with Gasteiger partial charge in [-0.15, -0.1) is 0 Å². The molecule has 1 aliphatic heterocycles. The number of halogens is 1. The fourth-order valence-corrected chi connectivity index (χ4v) is 5.63. The Morgan fingerprint density at radius 3 is 2.32 bits per heavy atom. The summed E-state index contributed by atoms with van der Waals surface area (Å²) in [5.41, 5.74) is 1.97. The Kier molecular flexibility index (Phi) is 4.59. The van der Waals surface area contributed by atoms with Crippen LogP contribution in [0, 0.1) is 0 Å². The third-order valence-corrected chi connectivity index (χ3v) is 6.95. The van der Waals surface area contributed by atoms with E-state index >= 15 is 0 Å². The lowest BCUT2D eigenvalue weighted by atomic mass is 10.1. The topological polar surface area (TPSA) is 83.6 Å². The summed E-state index contributed by atoms with van der Waals surface area (Å²) in [7, 11) is -7.14. The average molecular weight is 445 g/mol. The van der Waals surface area contributed by atoms with Crippen molar-refractivity contribution in [2.75, 3.05) is 15.3 Å². The third kappa shape index (κ3) is 3.68. The second-order valence-corrected chi connectivity index (χ2v) is 10.5. The molecule has 25 heavy (non-hydrogen) atoms. The van der Waals surface area contributed by atoms with Crippen molar-refractivity contribution < 1.29 is 16.8 Å². The van der Waals surface area contributed by atoms with Gasteiger partial charge >= 0.3 is 0 Å². The van der Waals surface area contributed by atoms with Crippen molar-refractivity contribution in [2.24, 2.45) is 0 Å². The van der Waals surface area contributed by atoms with Crippen molar-refractivity contribution in [3.63, 3.8) is 0 Å². The number of hydrogen-bond acceptors (Lipinski definition) is 4. The van der Waals surface area contributed by atoms with Crippen LogP contribution in [0.15, 0.2) is 51.8 Å². The normalized spacial score (nSPS) is 17.4. The van der Waals surface area contributed by atoms with E-state index in [-0.39, 0.29) is 10.9 Å². The standard InChI is InChI=1S/C16H17BrN2O4S2/c1-11-9-12-10-13(17)3-8-16(12)19(11)25(22,23)15-6-4-14(5-7-15)18-24(2,20)21/h3-8,10-11,18H,9H2,1-2H3. The zero-order chi connectivity index (χ0) is 18.4. The molecule has 0 saturated carbocycles. The zero-order valence-corrected chi connectivity index (χ0v) is 16.8. The van der Waals surface area contributed by atoms with Crippen LogP contribution in [0.1, 0.15) is 12.5 Å². The molecule has 2 aromatic rings. The quantitative estimate of drug-likeness (QED) is 0.785. The first kappa shape index (κ1) is 18.2. The second-order valence-electron chi connectivity index (χ2n) is 6.03. The number of hydrogen-bond donors (Lipinski definition) is 1. The minimum absolute atomic E-state index is 0.120. The lowest BCUT2D eigenvalue weighted by Gasteiger charge is -2.24. The molecule has 0 fully saturated rings. The molecule has 1 N–H and O–H groups in total. The van der Waals surface area contributed by atoms with Gasteiger partial charge in [-0.05, 0) is 61.4 Å². The van der Waals surface area contributed by atoms with Gasteiger partial charge in [0.1, 0.15) is 0 Å². The van der Waals surface area contributed by atoms with Crippen LogP contribution in [-0.4, -0.2) is 29.1 Å². The monoisotopic (exact) mass is 444 g/mol. The molecule has 1 unspecified atom stereocenters. The lowest BCUT2D eigenvalue weighted by molar-refractivity contribution is 0.584. The van der Waals surface area contributed by atoms with Crippen molar-refractivity contribution in [3.05, 3.63) is 52.5 Å². The predicted octanol–water partition coefficient (Wildman–Crippen LogP) is 2.96. The summed E-state index contributed by atoms with van der Waals surface area (Å²) in [6, 6.07) is 11.1. The Bertz CT molecular complexity index is 1020. The third-order valence-electron chi connectivity index (χ3n) is 3.91. The summed E-state index contributed by atoms with van der Waals surface area (Å²) in [5, 5.41) is 0. The van der Waals surface area contributed by atoms with Crippen molar-refractivity contribution in [1.29, 1.82) is 0 Å². The van der Waals surface area contributed by atoms with Crippen molar-refractivity contribution in [1.82, 2.24) is 0 Å². The Labute approximate surface area is 156 Å². The summed E-state index contributed by atoms with van der Waals surface area (Å²) in [4.78, 5) is 0.120. The zero-order valence-electron chi connectivity index (χ0n) is 13.6. The van der Waals surface area contributed by atoms with Gasteiger partial charge in [0.2, 0.25) is 10.0 Å². The van der Waals surface area contributed by atoms with E-state index in [1.807, 2.05) is 19.1 Å². The molecule has 0 radical (unpaired) electrons. The van der Waals surface area contributed by atoms with Crippen LogP contribution < -0.4 is 9.03 Å². The smallest absolute Gasteiger partial charge is 0.264 e. The van der Waals surface area contributed by atoms with E-state index in [0.29, 0.717) is 17.8 Å². The minimum atomic E-state index is -3.73. The first-order valence-corrected chi connectivity index (χ1v) is 11.6. The Morgan fingerprint density at radius 1 is 1.08 bits per heavy atom. The molecule has 3 rings (SSSR count). The summed E-state index contributed by atoms with van der Waals surface area (Å²) in [5.74, 6) is 0. The molecule has 1 heterocycles. The second kappa shape index (κ2) is 6.30. The fraction of sp³-hybridized carbons (Fsp3) is 0.250. The molecule has 0 aliphatic carbocycles. The predicted molar refractivity (Wildman–Crippen MR) is 102 cm³/mol. The molecule has 134 valence electrons. The van der Waals surface area contributed by atoms with E-state index < -0.39 is 20.0 Å². The van der Waals surface area contributed by atoms with Crippen LogP contribution in [0.25, 0.3) is 0 Å². The van der Waals surface area contributed by atoms with E-state index in [2.05, 4.69) is 20.7 Å². The maximum Gasteiger partial charge on any atom is 0.264 e. The minimum Gasteiger partial charge on any atom is -0.284 e. The highest BCUT2D eigenvalue weighted by atomic mass is 79.9. The van der Waals surface area contributed by atoms with Crippen LogP contribution in [0.2, 0.25) is 0 Å². The van der Waals surface area contributed by atoms with E-state index in [4.69, 9.17) is 0 Å².